The minimum Gasteiger partial charge on any atom is -0.489 e. The number of rotatable bonds is 5. The first-order valence-electron chi connectivity index (χ1n) is 6.02. The number of nitrogens with zero attached hydrogens (tertiary/aromatic N) is 1. The van der Waals surface area contributed by atoms with E-state index in [1.165, 1.54) is 24.5 Å². The highest BCUT2D eigenvalue weighted by Gasteiger charge is 2.25. The highest BCUT2D eigenvalue weighted by Crippen LogP contribution is 2.33. The summed E-state index contributed by atoms with van der Waals surface area (Å²) in [6.07, 6.45) is 4.13. The summed E-state index contributed by atoms with van der Waals surface area (Å²) in [5, 5.41) is 0. The van der Waals surface area contributed by atoms with Crippen LogP contribution in [-0.4, -0.2) is 19.7 Å². The van der Waals surface area contributed by atoms with Gasteiger partial charge in [-0.2, -0.15) is 4.84 Å². The Hall–Kier alpha value is -1.78. The van der Waals surface area contributed by atoms with Gasteiger partial charge in [0.25, 0.3) is 5.69 Å². The van der Waals surface area contributed by atoms with E-state index in [-0.39, 0.29) is 5.97 Å². The lowest BCUT2D eigenvalue weighted by atomic mass is 10.3. The van der Waals surface area contributed by atoms with E-state index >= 15 is 0 Å². The molecule has 0 N–H and O–H groups in total. The number of pyridine rings is 1. The molecule has 1 aliphatic carbocycles. The first kappa shape index (κ1) is 12.7. The number of carbonyl (C=O) groups is 1. The van der Waals surface area contributed by atoms with Crippen LogP contribution in [0.2, 0.25) is 0 Å². The Morgan fingerprint density at radius 1 is 1.50 bits per heavy atom. The van der Waals surface area contributed by atoms with Gasteiger partial charge in [-0.05, 0) is 18.8 Å². The smallest absolute Gasteiger partial charge is 0.377 e. The number of aromatic nitrogens is 1. The van der Waals surface area contributed by atoms with Gasteiger partial charge in [-0.1, -0.05) is 0 Å². The third-order valence-electron chi connectivity index (χ3n) is 2.85. The minimum absolute atomic E-state index is 0.378. The van der Waals surface area contributed by atoms with Crippen molar-refractivity contribution in [2.24, 2.45) is 5.92 Å². The van der Waals surface area contributed by atoms with Crippen LogP contribution >= 0.6 is 0 Å². The molecule has 0 aromatic carbocycles. The van der Waals surface area contributed by atoms with Crippen LogP contribution in [0.3, 0.4) is 0 Å². The van der Waals surface area contributed by atoms with Crippen molar-refractivity contribution in [3.05, 3.63) is 18.0 Å². The Bertz CT molecular complexity index is 455. The van der Waals surface area contributed by atoms with E-state index in [2.05, 4.69) is 0 Å². The van der Waals surface area contributed by atoms with Gasteiger partial charge < -0.3 is 9.47 Å². The molecule has 0 radical (unpaired) electrons. The van der Waals surface area contributed by atoms with Crippen LogP contribution in [0.25, 0.3) is 0 Å². The van der Waals surface area contributed by atoms with Crippen LogP contribution in [0.15, 0.2) is 12.3 Å². The molecule has 5 heteroatoms. The van der Waals surface area contributed by atoms with Crippen molar-refractivity contribution in [3.8, 4) is 11.5 Å². The van der Waals surface area contributed by atoms with Gasteiger partial charge in [-0.15, -0.1) is 0 Å². The molecule has 1 aromatic heterocycles. The molecular formula is C13H18NO4+. The fraction of sp³-hybridized carbons (Fsp3) is 0.538. The maximum atomic E-state index is 11.0. The van der Waals surface area contributed by atoms with E-state index in [4.69, 9.17) is 14.3 Å². The molecule has 0 unspecified atom stereocenters. The number of hydrogen-bond donors (Lipinski definition) is 0. The van der Waals surface area contributed by atoms with Crippen molar-refractivity contribution in [3.63, 3.8) is 0 Å². The quantitative estimate of drug-likeness (QED) is 0.735. The van der Waals surface area contributed by atoms with Crippen molar-refractivity contribution in [2.45, 2.75) is 26.7 Å². The predicted octanol–water partition coefficient (Wildman–Crippen LogP) is 1.06. The second-order valence-corrected chi connectivity index (χ2v) is 4.46. The van der Waals surface area contributed by atoms with E-state index in [1.54, 1.807) is 19.4 Å². The summed E-state index contributed by atoms with van der Waals surface area (Å²) < 4.78 is 12.4. The van der Waals surface area contributed by atoms with Crippen LogP contribution < -0.4 is 19.0 Å². The third kappa shape index (κ3) is 2.91. The van der Waals surface area contributed by atoms with E-state index in [1.807, 2.05) is 6.92 Å². The summed E-state index contributed by atoms with van der Waals surface area (Å²) in [7, 11) is 1.57. The molecule has 0 saturated heterocycles. The summed E-state index contributed by atoms with van der Waals surface area (Å²) in [5.74, 6) is 1.58. The van der Waals surface area contributed by atoms with Crippen LogP contribution in [-0.2, 0) is 4.79 Å². The topological polar surface area (TPSA) is 48.6 Å². The predicted molar refractivity (Wildman–Crippen MR) is 63.4 cm³/mol. The summed E-state index contributed by atoms with van der Waals surface area (Å²) in [5.41, 5.74) is 0.695. The zero-order valence-corrected chi connectivity index (χ0v) is 10.9. The van der Waals surface area contributed by atoms with Gasteiger partial charge in [0.2, 0.25) is 11.9 Å². The van der Waals surface area contributed by atoms with Gasteiger partial charge >= 0.3 is 5.97 Å². The van der Waals surface area contributed by atoms with E-state index in [0.717, 1.165) is 0 Å². The maximum absolute atomic E-state index is 11.0. The monoisotopic (exact) mass is 252 g/mol. The second-order valence-electron chi connectivity index (χ2n) is 4.46. The Labute approximate surface area is 106 Å². The molecule has 1 aromatic rings. The molecule has 0 aliphatic heterocycles. The van der Waals surface area contributed by atoms with E-state index in [9.17, 15) is 4.79 Å². The minimum atomic E-state index is -0.378. The van der Waals surface area contributed by atoms with Gasteiger partial charge in [0.15, 0.2) is 5.75 Å². The van der Waals surface area contributed by atoms with Crippen LogP contribution in [0.1, 0.15) is 25.5 Å². The van der Waals surface area contributed by atoms with Crippen molar-refractivity contribution in [1.82, 2.24) is 0 Å². The zero-order chi connectivity index (χ0) is 13.1. The number of hydrogen-bond acceptors (Lipinski definition) is 4. The standard InChI is InChI=1S/C13H18NO4/c1-9-13(16-3)12(17-8-11-4-5-11)6-7-14(9)18-10(2)15/h6-7,11H,4-5,8H2,1-3H3/q+1. The summed E-state index contributed by atoms with van der Waals surface area (Å²) in [6, 6.07) is 1.75. The Morgan fingerprint density at radius 2 is 2.22 bits per heavy atom. The Balaban J connectivity index is 2.18. The fourth-order valence-electron chi connectivity index (χ4n) is 1.69. The molecule has 5 nitrogen and oxygen atoms in total. The average Bonchev–Trinajstić information content (AvgIpc) is 3.13. The highest BCUT2D eigenvalue weighted by atomic mass is 16.7. The van der Waals surface area contributed by atoms with Crippen LogP contribution in [0.5, 0.6) is 11.5 Å². The van der Waals surface area contributed by atoms with Crippen LogP contribution in [0, 0.1) is 12.8 Å². The second kappa shape index (κ2) is 5.25. The molecule has 2 rings (SSSR count). The summed E-state index contributed by atoms with van der Waals surface area (Å²) in [4.78, 5) is 16.0. The van der Waals surface area contributed by atoms with Crippen LogP contribution in [0.4, 0.5) is 0 Å². The summed E-state index contributed by atoms with van der Waals surface area (Å²) >= 11 is 0. The molecule has 0 amide bonds. The van der Waals surface area contributed by atoms with Crippen molar-refractivity contribution < 1.29 is 23.8 Å². The fourth-order valence-corrected chi connectivity index (χ4v) is 1.69. The van der Waals surface area contributed by atoms with Crippen molar-refractivity contribution >= 4 is 5.97 Å². The Morgan fingerprint density at radius 3 is 2.78 bits per heavy atom. The van der Waals surface area contributed by atoms with Gasteiger partial charge in [0, 0.05) is 18.6 Å². The normalized spacial score (nSPS) is 14.2. The van der Waals surface area contributed by atoms with Crippen molar-refractivity contribution in [2.75, 3.05) is 13.7 Å². The molecule has 1 heterocycles. The first-order chi connectivity index (χ1) is 8.61. The molecule has 1 fully saturated rings. The molecule has 1 saturated carbocycles. The third-order valence-corrected chi connectivity index (χ3v) is 2.85. The lowest BCUT2D eigenvalue weighted by Crippen LogP contribution is -2.47. The molecule has 0 bridgehead atoms. The highest BCUT2D eigenvalue weighted by molar-refractivity contribution is 5.65. The van der Waals surface area contributed by atoms with Gasteiger partial charge in [0.1, 0.15) is 0 Å². The van der Waals surface area contributed by atoms with E-state index in [0.29, 0.717) is 29.7 Å². The maximum Gasteiger partial charge on any atom is 0.377 e. The molecule has 98 valence electrons. The lowest BCUT2D eigenvalue weighted by Gasteiger charge is -2.10. The van der Waals surface area contributed by atoms with Crippen molar-refractivity contribution in [1.29, 1.82) is 0 Å². The van der Waals surface area contributed by atoms with E-state index < -0.39 is 0 Å². The molecule has 0 spiro atoms. The summed E-state index contributed by atoms with van der Waals surface area (Å²) in [6.45, 7) is 3.88. The molecule has 0 atom stereocenters. The average molecular weight is 252 g/mol. The zero-order valence-electron chi connectivity index (χ0n) is 10.9. The number of methoxy groups -OCH3 is 1. The van der Waals surface area contributed by atoms with Gasteiger partial charge in [-0.25, -0.2) is 4.79 Å². The Kier molecular flexibility index (Phi) is 3.69. The molecule has 18 heavy (non-hydrogen) atoms. The molecular weight excluding hydrogens is 234 g/mol. The largest absolute Gasteiger partial charge is 0.489 e. The first-order valence-corrected chi connectivity index (χ1v) is 6.02. The van der Waals surface area contributed by atoms with Gasteiger partial charge in [0.05, 0.1) is 19.8 Å². The molecule has 1 aliphatic rings. The SMILES string of the molecule is COc1c(OCC2CC2)cc[n+](OC(C)=O)c1C. The number of ether oxygens (including phenoxy) is 2. The van der Waals surface area contributed by atoms with Gasteiger partial charge in [-0.3, -0.25) is 0 Å². The number of carbonyl (C=O) groups excluding carboxylic acids is 1. The lowest BCUT2D eigenvalue weighted by molar-refractivity contribution is -0.873.